The molecule has 1 aromatic carbocycles. The van der Waals surface area contributed by atoms with E-state index >= 15 is 0 Å². The van der Waals surface area contributed by atoms with Crippen LogP contribution in [0.5, 0.6) is 5.75 Å². The van der Waals surface area contributed by atoms with Gasteiger partial charge in [0, 0.05) is 0 Å². The topological polar surface area (TPSA) is 50.4 Å². The van der Waals surface area contributed by atoms with Crippen molar-refractivity contribution in [2.24, 2.45) is 0 Å². The van der Waals surface area contributed by atoms with Crippen molar-refractivity contribution in [3.63, 3.8) is 0 Å². The van der Waals surface area contributed by atoms with Gasteiger partial charge in [0.15, 0.2) is 0 Å². The van der Waals surface area contributed by atoms with Crippen LogP contribution in [-0.4, -0.2) is 5.11 Å². The highest BCUT2D eigenvalue weighted by molar-refractivity contribution is 5.77. The summed E-state index contributed by atoms with van der Waals surface area (Å²) in [5, 5.41) is 9.26. The lowest BCUT2D eigenvalue weighted by molar-refractivity contribution is 0.117. The molecule has 0 aliphatic carbocycles. The molecule has 1 heterocycles. The van der Waals surface area contributed by atoms with Crippen molar-refractivity contribution < 1.29 is 18.3 Å². The molecule has 0 unspecified atom stereocenters. The highest BCUT2D eigenvalue weighted by atomic mass is 19.3. The van der Waals surface area contributed by atoms with Gasteiger partial charge in [-0.1, -0.05) is 12.1 Å². The summed E-state index contributed by atoms with van der Waals surface area (Å²) in [6.45, 7) is 0. The SMILES string of the molecule is O=c1c(O)c(C(F)F)oc2ccccc12. The maximum atomic E-state index is 12.3. The van der Waals surface area contributed by atoms with Crippen LogP contribution in [0.2, 0.25) is 0 Å². The zero-order valence-corrected chi connectivity index (χ0v) is 7.41. The van der Waals surface area contributed by atoms with Crippen LogP contribution in [0.4, 0.5) is 8.78 Å². The van der Waals surface area contributed by atoms with Crippen molar-refractivity contribution in [1.29, 1.82) is 0 Å². The summed E-state index contributed by atoms with van der Waals surface area (Å²) in [6.07, 6.45) is -3.01. The Morgan fingerprint density at radius 3 is 2.60 bits per heavy atom. The van der Waals surface area contributed by atoms with Crippen LogP contribution >= 0.6 is 0 Å². The fourth-order valence-corrected chi connectivity index (χ4v) is 1.30. The van der Waals surface area contributed by atoms with E-state index in [4.69, 9.17) is 4.42 Å². The molecule has 0 bridgehead atoms. The average Bonchev–Trinajstić information content (AvgIpc) is 2.23. The van der Waals surface area contributed by atoms with Gasteiger partial charge >= 0.3 is 0 Å². The predicted molar refractivity (Wildman–Crippen MR) is 49.1 cm³/mol. The van der Waals surface area contributed by atoms with Crippen LogP contribution in [0.3, 0.4) is 0 Å². The summed E-state index contributed by atoms with van der Waals surface area (Å²) in [5.41, 5.74) is -0.803. The Morgan fingerprint density at radius 1 is 1.27 bits per heavy atom. The molecule has 0 saturated heterocycles. The first-order valence-electron chi connectivity index (χ1n) is 4.14. The molecule has 0 radical (unpaired) electrons. The first kappa shape index (κ1) is 9.64. The molecular weight excluding hydrogens is 206 g/mol. The molecule has 3 nitrogen and oxygen atoms in total. The monoisotopic (exact) mass is 212 g/mol. The van der Waals surface area contributed by atoms with Gasteiger partial charge in [0.25, 0.3) is 6.43 Å². The first-order chi connectivity index (χ1) is 7.11. The summed E-state index contributed by atoms with van der Waals surface area (Å²) in [6, 6.07) is 5.90. The van der Waals surface area contributed by atoms with Crippen LogP contribution in [0.25, 0.3) is 11.0 Å². The number of benzene rings is 1. The molecule has 0 atom stereocenters. The molecule has 0 aliphatic heterocycles. The third-order valence-corrected chi connectivity index (χ3v) is 2.00. The van der Waals surface area contributed by atoms with E-state index in [0.29, 0.717) is 0 Å². The van der Waals surface area contributed by atoms with Gasteiger partial charge in [0.1, 0.15) is 5.58 Å². The molecule has 0 fully saturated rings. The molecule has 0 aliphatic rings. The summed E-state index contributed by atoms with van der Waals surface area (Å²) in [4.78, 5) is 11.4. The number of hydrogen-bond donors (Lipinski definition) is 1. The van der Waals surface area contributed by atoms with Gasteiger partial charge < -0.3 is 9.52 Å². The molecule has 2 aromatic rings. The van der Waals surface area contributed by atoms with Crippen LogP contribution in [0.15, 0.2) is 33.5 Å². The highest BCUT2D eigenvalue weighted by Crippen LogP contribution is 2.28. The maximum Gasteiger partial charge on any atom is 0.299 e. The zero-order chi connectivity index (χ0) is 11.0. The Labute approximate surface area is 82.6 Å². The Balaban J connectivity index is 2.89. The normalized spacial score (nSPS) is 11.1. The molecular formula is C10H6F2O3. The minimum absolute atomic E-state index is 0.0376. The summed E-state index contributed by atoms with van der Waals surface area (Å²) < 4.78 is 29.4. The first-order valence-corrected chi connectivity index (χ1v) is 4.14. The van der Waals surface area contributed by atoms with Crippen molar-refractivity contribution in [2.45, 2.75) is 6.43 Å². The fourth-order valence-electron chi connectivity index (χ4n) is 1.30. The molecule has 1 aromatic heterocycles. The van der Waals surface area contributed by atoms with Crippen LogP contribution in [-0.2, 0) is 0 Å². The smallest absolute Gasteiger partial charge is 0.299 e. The van der Waals surface area contributed by atoms with Crippen LogP contribution < -0.4 is 5.43 Å². The van der Waals surface area contributed by atoms with E-state index in [1.54, 1.807) is 12.1 Å². The maximum absolute atomic E-state index is 12.3. The molecule has 5 heteroatoms. The second kappa shape index (κ2) is 3.34. The van der Waals surface area contributed by atoms with Crippen molar-refractivity contribution >= 4 is 11.0 Å². The van der Waals surface area contributed by atoms with Gasteiger partial charge in [-0.05, 0) is 12.1 Å². The van der Waals surface area contributed by atoms with Gasteiger partial charge in [0.05, 0.1) is 5.39 Å². The quantitative estimate of drug-likeness (QED) is 0.789. The highest BCUT2D eigenvalue weighted by Gasteiger charge is 2.20. The molecule has 0 saturated carbocycles. The molecule has 1 N–H and O–H groups in total. The van der Waals surface area contributed by atoms with Gasteiger partial charge in [-0.15, -0.1) is 0 Å². The lowest BCUT2D eigenvalue weighted by Crippen LogP contribution is -2.04. The number of aromatic hydroxyl groups is 1. The Hall–Kier alpha value is -1.91. The summed E-state index contributed by atoms with van der Waals surface area (Å²) in [7, 11) is 0. The van der Waals surface area contributed by atoms with Crippen LogP contribution in [0, 0.1) is 0 Å². The lowest BCUT2D eigenvalue weighted by Gasteiger charge is -2.03. The van der Waals surface area contributed by atoms with Gasteiger partial charge in [-0.2, -0.15) is 0 Å². The Bertz CT molecular complexity index is 560. The predicted octanol–water partition coefficient (Wildman–Crippen LogP) is 2.44. The second-order valence-electron chi connectivity index (χ2n) is 2.94. The largest absolute Gasteiger partial charge is 0.502 e. The molecule has 78 valence electrons. The standard InChI is InChI=1S/C10H6F2O3/c11-10(12)9-8(14)7(13)5-3-1-2-4-6(5)15-9/h1-4,10,14H. The van der Waals surface area contributed by atoms with Gasteiger partial charge in [-0.3, -0.25) is 4.79 Å². The number of alkyl halides is 2. The van der Waals surface area contributed by atoms with E-state index in [0.717, 1.165) is 0 Å². The Morgan fingerprint density at radius 2 is 1.93 bits per heavy atom. The summed E-state index contributed by atoms with van der Waals surface area (Å²) >= 11 is 0. The number of fused-ring (bicyclic) bond motifs is 1. The van der Waals surface area contributed by atoms with E-state index in [9.17, 15) is 18.7 Å². The average molecular weight is 212 g/mol. The van der Waals surface area contributed by atoms with Crippen molar-refractivity contribution in [3.8, 4) is 5.75 Å². The second-order valence-corrected chi connectivity index (χ2v) is 2.94. The van der Waals surface area contributed by atoms with Crippen molar-refractivity contribution in [2.75, 3.05) is 0 Å². The van der Waals surface area contributed by atoms with E-state index in [1.807, 2.05) is 0 Å². The lowest BCUT2D eigenvalue weighted by atomic mass is 10.2. The van der Waals surface area contributed by atoms with Gasteiger partial charge in [0.2, 0.25) is 16.9 Å². The molecule has 0 amide bonds. The molecule has 2 rings (SSSR count). The zero-order valence-electron chi connectivity index (χ0n) is 7.41. The van der Waals surface area contributed by atoms with E-state index in [2.05, 4.69) is 0 Å². The van der Waals surface area contributed by atoms with E-state index < -0.39 is 23.4 Å². The number of hydrogen-bond acceptors (Lipinski definition) is 3. The number of halogens is 2. The van der Waals surface area contributed by atoms with Crippen molar-refractivity contribution in [3.05, 3.63) is 40.2 Å². The third kappa shape index (κ3) is 1.45. The minimum Gasteiger partial charge on any atom is -0.502 e. The number of rotatable bonds is 1. The van der Waals surface area contributed by atoms with Crippen LogP contribution in [0.1, 0.15) is 12.2 Å². The van der Waals surface area contributed by atoms with E-state index in [-0.39, 0.29) is 11.0 Å². The minimum atomic E-state index is -3.01. The van der Waals surface area contributed by atoms with Gasteiger partial charge in [-0.25, -0.2) is 8.78 Å². The van der Waals surface area contributed by atoms with Crippen molar-refractivity contribution in [1.82, 2.24) is 0 Å². The molecule has 0 spiro atoms. The van der Waals surface area contributed by atoms with E-state index in [1.165, 1.54) is 12.1 Å². The Kier molecular flexibility index (Phi) is 2.15. The molecule has 15 heavy (non-hydrogen) atoms. The third-order valence-electron chi connectivity index (χ3n) is 2.00. The number of para-hydroxylation sites is 1. The fraction of sp³-hybridized carbons (Fsp3) is 0.100. The summed E-state index contributed by atoms with van der Waals surface area (Å²) in [5.74, 6) is -2.01.